The van der Waals surface area contributed by atoms with Crippen molar-refractivity contribution in [3.8, 4) is 0 Å². The van der Waals surface area contributed by atoms with Crippen molar-refractivity contribution in [1.29, 1.82) is 0 Å². The number of nitrogens with zero attached hydrogens (tertiary/aromatic N) is 2. The molecule has 3 heterocycles. The minimum atomic E-state index is -4.68. The fourth-order valence-electron chi connectivity index (χ4n) is 4.36. The molecule has 1 N–H and O–H groups in total. The first-order chi connectivity index (χ1) is 9.74. The molecule has 3 saturated heterocycles. The van der Waals surface area contributed by atoms with Crippen molar-refractivity contribution in [2.75, 3.05) is 20.1 Å². The van der Waals surface area contributed by atoms with E-state index in [9.17, 15) is 18.0 Å². The number of hydrogen-bond donors (Lipinski definition) is 1. The van der Waals surface area contributed by atoms with Gasteiger partial charge < -0.3 is 10.0 Å². The number of carbonyl (C=O) groups is 1. The Morgan fingerprint density at radius 3 is 2.19 bits per heavy atom. The summed E-state index contributed by atoms with van der Waals surface area (Å²) >= 11 is 0. The SMILES string of the molecule is CN1C2CCC1CC(N1CCC(C(=O)O)(C(F)(F)F)C1)C2. The molecule has 0 aromatic rings. The monoisotopic (exact) mass is 306 g/mol. The lowest BCUT2D eigenvalue weighted by Gasteiger charge is -2.41. The highest BCUT2D eigenvalue weighted by Gasteiger charge is 2.64. The van der Waals surface area contributed by atoms with Crippen LogP contribution in [-0.4, -0.2) is 65.3 Å². The van der Waals surface area contributed by atoms with E-state index in [1.807, 2.05) is 0 Å². The summed E-state index contributed by atoms with van der Waals surface area (Å²) in [5.41, 5.74) is -2.57. The van der Waals surface area contributed by atoms with Crippen molar-refractivity contribution < 1.29 is 23.1 Å². The summed E-state index contributed by atoms with van der Waals surface area (Å²) in [6, 6.07) is 0.987. The molecule has 120 valence electrons. The lowest BCUT2D eigenvalue weighted by atomic mass is 9.86. The number of alkyl halides is 3. The number of carboxylic acid groups (broad SMARTS) is 1. The van der Waals surface area contributed by atoms with Gasteiger partial charge in [-0.15, -0.1) is 0 Å². The maximum atomic E-state index is 13.2. The number of aliphatic carboxylic acids is 1. The summed E-state index contributed by atoms with van der Waals surface area (Å²) in [7, 11) is 2.08. The number of rotatable bonds is 2. The van der Waals surface area contributed by atoms with Gasteiger partial charge in [0.2, 0.25) is 0 Å². The molecule has 0 aliphatic carbocycles. The lowest BCUT2D eigenvalue weighted by molar-refractivity contribution is -0.228. The Morgan fingerprint density at radius 1 is 1.19 bits per heavy atom. The zero-order valence-corrected chi connectivity index (χ0v) is 12.1. The van der Waals surface area contributed by atoms with E-state index in [0.29, 0.717) is 12.1 Å². The zero-order chi connectivity index (χ0) is 15.4. The van der Waals surface area contributed by atoms with Crippen LogP contribution in [0.5, 0.6) is 0 Å². The summed E-state index contributed by atoms with van der Waals surface area (Å²) in [5.74, 6) is -1.73. The van der Waals surface area contributed by atoms with E-state index in [-0.39, 0.29) is 25.6 Å². The summed E-state index contributed by atoms with van der Waals surface area (Å²) in [5, 5.41) is 9.12. The van der Waals surface area contributed by atoms with Crippen LogP contribution in [0.4, 0.5) is 13.2 Å². The van der Waals surface area contributed by atoms with Crippen molar-refractivity contribution in [2.45, 2.75) is 56.4 Å². The van der Waals surface area contributed by atoms with Crippen molar-refractivity contribution >= 4 is 5.97 Å². The minimum Gasteiger partial charge on any atom is -0.481 e. The number of hydrogen-bond acceptors (Lipinski definition) is 3. The Hall–Kier alpha value is -0.820. The predicted molar refractivity (Wildman–Crippen MR) is 69.9 cm³/mol. The third kappa shape index (κ3) is 2.25. The van der Waals surface area contributed by atoms with Gasteiger partial charge in [0.1, 0.15) is 0 Å². The van der Waals surface area contributed by atoms with Crippen LogP contribution in [0.25, 0.3) is 0 Å². The normalized spacial score (nSPS) is 41.6. The molecule has 3 unspecified atom stereocenters. The van der Waals surface area contributed by atoms with E-state index in [0.717, 1.165) is 25.7 Å². The summed E-state index contributed by atoms with van der Waals surface area (Å²) in [6.45, 7) is -0.153. The van der Waals surface area contributed by atoms with E-state index in [2.05, 4.69) is 11.9 Å². The fourth-order valence-corrected chi connectivity index (χ4v) is 4.36. The van der Waals surface area contributed by atoms with Crippen LogP contribution in [-0.2, 0) is 4.79 Å². The standard InChI is InChI=1S/C14H21F3N2O2/c1-18-9-2-3-10(18)7-11(6-9)19-5-4-13(8-19,12(20)21)14(15,16)17/h9-11H,2-8H2,1H3,(H,20,21). The average Bonchev–Trinajstić information content (AvgIpc) is 2.90. The largest absolute Gasteiger partial charge is 0.481 e. The van der Waals surface area contributed by atoms with Gasteiger partial charge in [0.25, 0.3) is 0 Å². The summed E-state index contributed by atoms with van der Waals surface area (Å²) < 4.78 is 39.7. The molecule has 3 aliphatic rings. The molecule has 0 spiro atoms. The van der Waals surface area contributed by atoms with Gasteiger partial charge in [-0.25, -0.2) is 0 Å². The predicted octanol–water partition coefficient (Wildman–Crippen LogP) is 1.95. The Bertz CT molecular complexity index is 428. The number of fused-ring (bicyclic) bond motifs is 2. The maximum absolute atomic E-state index is 13.2. The van der Waals surface area contributed by atoms with E-state index in [4.69, 9.17) is 5.11 Å². The molecule has 21 heavy (non-hydrogen) atoms. The van der Waals surface area contributed by atoms with E-state index in [1.54, 1.807) is 4.90 Å². The van der Waals surface area contributed by atoms with Crippen molar-refractivity contribution in [3.63, 3.8) is 0 Å². The Balaban J connectivity index is 1.74. The second-order valence-electron chi connectivity index (χ2n) is 6.78. The van der Waals surface area contributed by atoms with Gasteiger partial charge >= 0.3 is 12.1 Å². The van der Waals surface area contributed by atoms with E-state index < -0.39 is 17.6 Å². The van der Waals surface area contributed by atoms with Crippen LogP contribution < -0.4 is 0 Å². The van der Waals surface area contributed by atoms with Gasteiger partial charge in [-0.2, -0.15) is 13.2 Å². The van der Waals surface area contributed by atoms with E-state index in [1.165, 1.54) is 0 Å². The van der Waals surface area contributed by atoms with Crippen LogP contribution in [0.15, 0.2) is 0 Å². The van der Waals surface area contributed by atoms with Crippen molar-refractivity contribution in [3.05, 3.63) is 0 Å². The van der Waals surface area contributed by atoms with Crippen molar-refractivity contribution in [1.82, 2.24) is 9.80 Å². The maximum Gasteiger partial charge on any atom is 0.406 e. The van der Waals surface area contributed by atoms with Crippen molar-refractivity contribution in [2.24, 2.45) is 5.41 Å². The first-order valence-corrected chi connectivity index (χ1v) is 7.51. The molecule has 0 radical (unpaired) electrons. The molecule has 0 aromatic carbocycles. The van der Waals surface area contributed by atoms with Gasteiger partial charge in [0.05, 0.1) is 0 Å². The molecule has 7 heteroatoms. The first kappa shape index (κ1) is 15.1. The highest BCUT2D eigenvalue weighted by atomic mass is 19.4. The Labute approximate surface area is 121 Å². The molecule has 0 saturated carbocycles. The lowest BCUT2D eigenvalue weighted by Crippen LogP contribution is -2.51. The third-order valence-corrected chi connectivity index (χ3v) is 5.84. The van der Waals surface area contributed by atoms with Gasteiger partial charge in [0.15, 0.2) is 5.41 Å². The molecule has 3 atom stereocenters. The summed E-state index contributed by atoms with van der Waals surface area (Å²) in [4.78, 5) is 15.3. The Morgan fingerprint density at radius 2 is 1.76 bits per heavy atom. The number of halogens is 3. The topological polar surface area (TPSA) is 43.8 Å². The van der Waals surface area contributed by atoms with Crippen LogP contribution in [0, 0.1) is 5.41 Å². The van der Waals surface area contributed by atoms with Crippen LogP contribution in [0.2, 0.25) is 0 Å². The van der Waals surface area contributed by atoms with Gasteiger partial charge in [-0.1, -0.05) is 0 Å². The number of likely N-dealkylation sites (tertiary alicyclic amines) is 1. The molecule has 3 rings (SSSR count). The minimum absolute atomic E-state index is 0.0993. The number of carboxylic acids is 1. The molecule has 0 amide bonds. The highest BCUT2D eigenvalue weighted by Crippen LogP contribution is 2.48. The molecule has 2 bridgehead atoms. The number of piperidine rings is 1. The molecular weight excluding hydrogens is 285 g/mol. The highest BCUT2D eigenvalue weighted by molar-refractivity contribution is 5.76. The van der Waals surface area contributed by atoms with Crippen LogP contribution >= 0.6 is 0 Å². The Kier molecular flexibility index (Phi) is 3.48. The fraction of sp³-hybridized carbons (Fsp3) is 0.929. The summed E-state index contributed by atoms with van der Waals surface area (Å²) in [6.07, 6.45) is -1.07. The molecular formula is C14H21F3N2O2. The first-order valence-electron chi connectivity index (χ1n) is 7.51. The zero-order valence-electron chi connectivity index (χ0n) is 12.1. The van der Waals surface area contributed by atoms with E-state index >= 15 is 0 Å². The van der Waals surface area contributed by atoms with Gasteiger partial charge in [0, 0.05) is 24.7 Å². The van der Waals surface area contributed by atoms with Crippen LogP contribution in [0.3, 0.4) is 0 Å². The molecule has 3 fully saturated rings. The van der Waals surface area contributed by atoms with Crippen LogP contribution in [0.1, 0.15) is 32.1 Å². The average molecular weight is 306 g/mol. The van der Waals surface area contributed by atoms with Gasteiger partial charge in [-0.3, -0.25) is 9.69 Å². The quantitative estimate of drug-likeness (QED) is 0.847. The third-order valence-electron chi connectivity index (χ3n) is 5.84. The second-order valence-corrected chi connectivity index (χ2v) is 6.78. The molecule has 0 aromatic heterocycles. The smallest absolute Gasteiger partial charge is 0.406 e. The molecule has 4 nitrogen and oxygen atoms in total. The van der Waals surface area contributed by atoms with Gasteiger partial charge in [-0.05, 0) is 45.7 Å². The second kappa shape index (κ2) is 4.84. The molecule has 3 aliphatic heterocycles.